The molecule has 0 spiro atoms. The lowest BCUT2D eigenvalue weighted by molar-refractivity contribution is 0.0527. The number of alkyl carbamates (subject to hydrolysis) is 1. The normalized spacial score (nSPS) is 17.4. The van der Waals surface area contributed by atoms with Crippen LogP contribution in [0.4, 0.5) is 16.6 Å². The van der Waals surface area contributed by atoms with E-state index >= 15 is 0 Å². The number of carbonyl (C=O) groups is 1. The first-order valence-electron chi connectivity index (χ1n) is 16.5. The molecule has 3 aromatic rings. The van der Waals surface area contributed by atoms with Crippen LogP contribution in [0, 0.1) is 11.8 Å². The summed E-state index contributed by atoms with van der Waals surface area (Å²) in [5.41, 5.74) is 1.46. The fourth-order valence-corrected chi connectivity index (χ4v) is 6.69. The van der Waals surface area contributed by atoms with Crippen LogP contribution in [-0.4, -0.2) is 56.3 Å². The van der Waals surface area contributed by atoms with Crippen molar-refractivity contribution in [3.05, 3.63) is 54.1 Å². The zero-order chi connectivity index (χ0) is 33.4. The highest BCUT2D eigenvalue weighted by Gasteiger charge is 2.24. The molecule has 0 saturated heterocycles. The molecule has 0 unspecified atom stereocenters. The number of aromatic nitrogens is 2. The Labute approximate surface area is 275 Å². The molecule has 4 N–H and O–H groups in total. The minimum absolute atomic E-state index is 0.0205. The molecule has 1 aliphatic rings. The van der Waals surface area contributed by atoms with Gasteiger partial charge in [0.15, 0.2) is 0 Å². The first-order chi connectivity index (χ1) is 21.7. The molecule has 1 aromatic heterocycles. The fourth-order valence-electron chi connectivity index (χ4n) is 5.57. The quantitative estimate of drug-likeness (QED) is 0.148. The average Bonchev–Trinajstić information content (AvgIpc) is 3.00. The summed E-state index contributed by atoms with van der Waals surface area (Å²) >= 11 is 0. The smallest absolute Gasteiger partial charge is 0.407 e. The van der Waals surface area contributed by atoms with Gasteiger partial charge >= 0.3 is 6.09 Å². The number of ether oxygens (including phenoxy) is 1. The Morgan fingerprint density at radius 1 is 0.826 bits per heavy atom. The molecule has 10 nitrogen and oxygen atoms in total. The highest BCUT2D eigenvalue weighted by molar-refractivity contribution is 7.89. The molecular weight excluding hydrogens is 600 g/mol. The number of para-hydroxylation sites is 1. The SMILES string of the molecule is CC(C)(C)OC(=O)NCCCCNc1nc(NC[C@H]2CC[C@H](CNS(=O)(=O)c3ccc(C(C)(C)C)cc3)CC2)nc2ccccc12. The van der Waals surface area contributed by atoms with Gasteiger partial charge in [0, 0.05) is 31.6 Å². The van der Waals surface area contributed by atoms with Crippen molar-refractivity contribution in [1.82, 2.24) is 20.0 Å². The van der Waals surface area contributed by atoms with Gasteiger partial charge in [-0.25, -0.2) is 22.9 Å². The van der Waals surface area contributed by atoms with Gasteiger partial charge in [-0.2, -0.15) is 4.98 Å². The molecule has 2 aromatic carbocycles. The Morgan fingerprint density at radius 3 is 2.11 bits per heavy atom. The molecule has 1 fully saturated rings. The summed E-state index contributed by atoms with van der Waals surface area (Å²) in [6.45, 7) is 14.4. The lowest BCUT2D eigenvalue weighted by Crippen LogP contribution is -2.33. The Balaban J connectivity index is 1.21. The number of fused-ring (bicyclic) bond motifs is 1. The van der Waals surface area contributed by atoms with Crippen molar-refractivity contribution < 1.29 is 17.9 Å². The summed E-state index contributed by atoms with van der Waals surface area (Å²) in [6, 6.07) is 15.2. The van der Waals surface area contributed by atoms with Crippen LogP contribution in [-0.2, 0) is 20.2 Å². The van der Waals surface area contributed by atoms with Gasteiger partial charge < -0.3 is 20.7 Å². The maximum atomic E-state index is 12.9. The number of hydrogen-bond acceptors (Lipinski definition) is 8. The summed E-state index contributed by atoms with van der Waals surface area (Å²) in [6.07, 6.45) is 5.28. The van der Waals surface area contributed by atoms with Gasteiger partial charge in [-0.05, 0) is 106 Å². The molecule has 1 saturated carbocycles. The van der Waals surface area contributed by atoms with Crippen LogP contribution >= 0.6 is 0 Å². The summed E-state index contributed by atoms with van der Waals surface area (Å²) in [7, 11) is -3.53. The van der Waals surface area contributed by atoms with E-state index in [1.54, 1.807) is 12.1 Å². The summed E-state index contributed by atoms with van der Waals surface area (Å²) in [4.78, 5) is 21.7. The second kappa shape index (κ2) is 15.4. The van der Waals surface area contributed by atoms with E-state index in [4.69, 9.17) is 14.7 Å². The second-order valence-electron chi connectivity index (χ2n) is 14.4. The maximum Gasteiger partial charge on any atom is 0.407 e. The predicted octanol–water partition coefficient (Wildman–Crippen LogP) is 6.84. The molecule has 0 atom stereocenters. The Hall–Kier alpha value is -3.44. The van der Waals surface area contributed by atoms with Gasteiger partial charge in [0.05, 0.1) is 10.4 Å². The van der Waals surface area contributed by atoms with Crippen molar-refractivity contribution in [2.45, 2.75) is 96.0 Å². The van der Waals surface area contributed by atoms with Crippen molar-refractivity contribution in [2.75, 3.05) is 36.8 Å². The lowest BCUT2D eigenvalue weighted by atomic mass is 9.82. The maximum absolute atomic E-state index is 12.9. The van der Waals surface area contributed by atoms with Crippen LogP contribution < -0.4 is 20.7 Å². The third-order valence-electron chi connectivity index (χ3n) is 8.28. The van der Waals surface area contributed by atoms with Crippen molar-refractivity contribution in [3.63, 3.8) is 0 Å². The van der Waals surface area contributed by atoms with E-state index in [0.29, 0.717) is 42.3 Å². The topological polar surface area (TPSA) is 134 Å². The number of benzene rings is 2. The number of rotatable bonds is 13. The van der Waals surface area contributed by atoms with E-state index in [2.05, 4.69) is 41.4 Å². The number of amides is 1. The number of nitrogens with zero attached hydrogens (tertiary/aromatic N) is 2. The van der Waals surface area contributed by atoms with Crippen molar-refractivity contribution in [2.24, 2.45) is 11.8 Å². The Bertz CT molecular complexity index is 1540. The zero-order valence-corrected chi connectivity index (χ0v) is 29.1. The molecule has 0 bridgehead atoms. The van der Waals surface area contributed by atoms with Crippen LogP contribution in [0.5, 0.6) is 0 Å². The molecule has 1 heterocycles. The summed E-state index contributed by atoms with van der Waals surface area (Å²) in [5, 5.41) is 10.7. The molecular formula is C35H52N6O4S. The van der Waals surface area contributed by atoms with Gasteiger partial charge in [-0.1, -0.05) is 45.0 Å². The number of hydrogen-bond donors (Lipinski definition) is 4. The van der Waals surface area contributed by atoms with Gasteiger partial charge in [0.25, 0.3) is 0 Å². The molecule has 0 radical (unpaired) electrons. The average molecular weight is 653 g/mol. The number of carbonyl (C=O) groups excluding carboxylic acids is 1. The van der Waals surface area contributed by atoms with Gasteiger partial charge in [0.2, 0.25) is 16.0 Å². The number of sulfonamides is 1. The van der Waals surface area contributed by atoms with E-state index in [9.17, 15) is 13.2 Å². The number of unbranched alkanes of at least 4 members (excludes halogenated alkanes) is 1. The second-order valence-corrected chi connectivity index (χ2v) is 16.1. The number of nitrogens with one attached hydrogen (secondary N) is 4. The largest absolute Gasteiger partial charge is 0.444 e. The minimum Gasteiger partial charge on any atom is -0.444 e. The molecule has 46 heavy (non-hydrogen) atoms. The molecule has 1 amide bonds. The van der Waals surface area contributed by atoms with Crippen molar-refractivity contribution >= 4 is 38.8 Å². The van der Waals surface area contributed by atoms with Crippen LogP contribution in [0.2, 0.25) is 0 Å². The first kappa shape index (κ1) is 35.4. The minimum atomic E-state index is -3.53. The van der Waals surface area contributed by atoms with E-state index in [1.807, 2.05) is 57.2 Å². The van der Waals surface area contributed by atoms with Gasteiger partial charge in [0.1, 0.15) is 11.4 Å². The molecule has 11 heteroatoms. The molecule has 252 valence electrons. The fraction of sp³-hybridized carbons (Fsp3) is 0.571. The third-order valence-corrected chi connectivity index (χ3v) is 9.71. The van der Waals surface area contributed by atoms with E-state index in [1.165, 1.54) is 0 Å². The predicted molar refractivity (Wildman–Crippen MR) is 186 cm³/mol. The molecule has 1 aliphatic carbocycles. The number of anilines is 2. The van der Waals surface area contributed by atoms with Crippen LogP contribution in [0.15, 0.2) is 53.4 Å². The third kappa shape index (κ3) is 10.8. The first-order valence-corrected chi connectivity index (χ1v) is 18.0. The van der Waals surface area contributed by atoms with Gasteiger partial charge in [-0.15, -0.1) is 0 Å². The lowest BCUT2D eigenvalue weighted by Gasteiger charge is -2.28. The Morgan fingerprint density at radius 2 is 1.46 bits per heavy atom. The highest BCUT2D eigenvalue weighted by Crippen LogP contribution is 2.30. The van der Waals surface area contributed by atoms with Crippen LogP contribution in [0.25, 0.3) is 10.9 Å². The standard InChI is InChI=1S/C35H52N6O4S/c1-34(2,3)27-17-19-28(20-18-27)46(43,44)39-24-26-15-13-25(14-16-26)23-38-32-40-30-12-8-7-11-29(30)31(41-32)36-21-9-10-22-37-33(42)45-35(4,5)6/h7-8,11-12,17-20,25-26,39H,9-10,13-16,21-24H2,1-6H3,(H,37,42)(H2,36,38,40,41)/t25-,26-. The van der Waals surface area contributed by atoms with Crippen molar-refractivity contribution in [1.29, 1.82) is 0 Å². The zero-order valence-electron chi connectivity index (χ0n) is 28.3. The highest BCUT2D eigenvalue weighted by atomic mass is 32.2. The summed E-state index contributed by atoms with van der Waals surface area (Å²) in [5.74, 6) is 2.19. The monoisotopic (exact) mass is 652 g/mol. The summed E-state index contributed by atoms with van der Waals surface area (Å²) < 4.78 is 33.9. The van der Waals surface area contributed by atoms with E-state index in [-0.39, 0.29) is 5.41 Å². The van der Waals surface area contributed by atoms with Gasteiger partial charge in [-0.3, -0.25) is 0 Å². The van der Waals surface area contributed by atoms with Crippen LogP contribution in [0.3, 0.4) is 0 Å². The molecule has 0 aliphatic heterocycles. The molecule has 4 rings (SSSR count). The van der Waals surface area contributed by atoms with Crippen LogP contribution in [0.1, 0.15) is 85.6 Å². The van der Waals surface area contributed by atoms with E-state index < -0.39 is 21.7 Å². The van der Waals surface area contributed by atoms with Crippen molar-refractivity contribution in [3.8, 4) is 0 Å². The Kier molecular flexibility index (Phi) is 11.9. The van der Waals surface area contributed by atoms with E-state index in [0.717, 1.165) is 67.4 Å².